The van der Waals surface area contributed by atoms with Crippen LogP contribution in [0.15, 0.2) is 86.2 Å². The number of carbonyl (C=O) groups excluding carboxylic acids is 1. The summed E-state index contributed by atoms with van der Waals surface area (Å²) in [5.74, 6) is 0.715. The third-order valence-corrected chi connectivity index (χ3v) is 8.64. The molecule has 4 aromatic rings. The Balaban J connectivity index is 1.74. The SMILES string of the molecule is COc1ccc([C@@H]2C(C(=O)Nc3ccccc3)=C(C)N=c3s/c(=C/c4cc(Br)cc(I)c4O)c(=O)n32)c(OC)c1. The van der Waals surface area contributed by atoms with E-state index in [1.165, 1.54) is 23.0 Å². The van der Waals surface area contributed by atoms with Gasteiger partial charge in [-0.05, 0) is 72.0 Å². The highest BCUT2D eigenvalue weighted by atomic mass is 127. The maximum absolute atomic E-state index is 14.0. The number of aromatic nitrogens is 1. The smallest absolute Gasteiger partial charge is 0.271 e. The van der Waals surface area contributed by atoms with Gasteiger partial charge in [0, 0.05) is 27.4 Å². The average molecular weight is 732 g/mol. The van der Waals surface area contributed by atoms with Crippen molar-refractivity contribution < 1.29 is 19.4 Å². The number of fused-ring (bicyclic) bond motifs is 1. The third kappa shape index (κ3) is 5.32. The van der Waals surface area contributed by atoms with Gasteiger partial charge in [-0.25, -0.2) is 4.99 Å². The number of rotatable bonds is 6. The van der Waals surface area contributed by atoms with E-state index in [9.17, 15) is 14.7 Å². The minimum absolute atomic E-state index is 0.0714. The summed E-state index contributed by atoms with van der Waals surface area (Å²) in [7, 11) is 3.08. The quantitative estimate of drug-likeness (QED) is 0.273. The lowest BCUT2D eigenvalue weighted by Crippen LogP contribution is -2.40. The number of amides is 1. The lowest BCUT2D eigenvalue weighted by atomic mass is 9.94. The van der Waals surface area contributed by atoms with E-state index in [0.29, 0.717) is 52.5 Å². The highest BCUT2D eigenvalue weighted by molar-refractivity contribution is 14.1. The number of anilines is 1. The van der Waals surface area contributed by atoms with Gasteiger partial charge in [-0.1, -0.05) is 45.5 Å². The van der Waals surface area contributed by atoms with Crippen LogP contribution in [0.4, 0.5) is 5.69 Å². The zero-order valence-corrected chi connectivity index (χ0v) is 26.1. The van der Waals surface area contributed by atoms with Gasteiger partial charge in [0.05, 0.1) is 33.6 Å². The Bertz CT molecular complexity index is 1850. The van der Waals surface area contributed by atoms with Gasteiger partial charge in [0.1, 0.15) is 23.3 Å². The van der Waals surface area contributed by atoms with Crippen molar-refractivity contribution in [3.05, 3.63) is 111 Å². The van der Waals surface area contributed by atoms with Crippen LogP contribution in [0.1, 0.15) is 24.1 Å². The third-order valence-electron chi connectivity index (χ3n) is 6.38. The van der Waals surface area contributed by atoms with Gasteiger partial charge in [-0.3, -0.25) is 14.2 Å². The molecule has 0 spiro atoms. The van der Waals surface area contributed by atoms with Gasteiger partial charge in [-0.2, -0.15) is 0 Å². The summed E-state index contributed by atoms with van der Waals surface area (Å²) in [6.07, 6.45) is 1.64. The number of phenolic OH excluding ortho intramolecular Hbond substituents is 1. The molecule has 8 nitrogen and oxygen atoms in total. The van der Waals surface area contributed by atoms with Crippen LogP contribution >= 0.6 is 49.9 Å². The predicted octanol–water partition coefficient (Wildman–Crippen LogP) is 4.96. The minimum atomic E-state index is -0.834. The molecular weight excluding hydrogens is 709 g/mol. The maximum Gasteiger partial charge on any atom is 0.271 e. The first-order valence-corrected chi connectivity index (χ1v) is 14.7. The fourth-order valence-electron chi connectivity index (χ4n) is 4.51. The van der Waals surface area contributed by atoms with Gasteiger partial charge in [0.2, 0.25) is 0 Å². The minimum Gasteiger partial charge on any atom is -0.506 e. The number of nitrogens with zero attached hydrogens (tertiary/aromatic N) is 2. The molecule has 1 amide bonds. The van der Waals surface area contributed by atoms with E-state index in [1.54, 1.807) is 62.6 Å². The molecule has 2 heterocycles. The Kier molecular flexibility index (Phi) is 8.15. The first-order valence-electron chi connectivity index (χ1n) is 12.0. The Morgan fingerprint density at radius 1 is 1.15 bits per heavy atom. The molecule has 11 heteroatoms. The summed E-state index contributed by atoms with van der Waals surface area (Å²) in [6.45, 7) is 1.75. The monoisotopic (exact) mass is 731 g/mol. The van der Waals surface area contributed by atoms with Gasteiger partial charge >= 0.3 is 0 Å². The molecule has 204 valence electrons. The van der Waals surface area contributed by atoms with Crippen LogP contribution < -0.4 is 29.7 Å². The molecule has 1 aromatic heterocycles. The lowest BCUT2D eigenvalue weighted by Gasteiger charge is -2.26. The number of halogens is 2. The van der Waals surface area contributed by atoms with Crippen molar-refractivity contribution >= 4 is 67.5 Å². The molecular formula is C29H23BrIN3O5S. The van der Waals surface area contributed by atoms with E-state index in [2.05, 4.69) is 26.2 Å². The van der Waals surface area contributed by atoms with Crippen molar-refractivity contribution in [2.75, 3.05) is 19.5 Å². The van der Waals surface area contributed by atoms with Crippen LogP contribution in [0.3, 0.4) is 0 Å². The molecule has 3 aromatic carbocycles. The molecule has 0 saturated carbocycles. The molecule has 0 fully saturated rings. The first-order chi connectivity index (χ1) is 19.2. The van der Waals surface area contributed by atoms with Gasteiger partial charge in [0.15, 0.2) is 4.80 Å². The fourth-order valence-corrected chi connectivity index (χ4v) is 7.10. The number of aromatic hydroxyl groups is 1. The van der Waals surface area contributed by atoms with Gasteiger partial charge in [0.25, 0.3) is 11.5 Å². The molecule has 5 rings (SSSR count). The van der Waals surface area contributed by atoms with E-state index in [1.807, 2.05) is 40.8 Å². The van der Waals surface area contributed by atoms with Crippen LogP contribution in [0, 0.1) is 3.57 Å². The number of phenols is 1. The van der Waals surface area contributed by atoms with Crippen LogP contribution in [-0.4, -0.2) is 29.8 Å². The van der Waals surface area contributed by atoms with Crippen molar-refractivity contribution in [3.8, 4) is 17.2 Å². The Labute approximate surface area is 255 Å². The Morgan fingerprint density at radius 2 is 1.90 bits per heavy atom. The zero-order valence-electron chi connectivity index (χ0n) is 21.6. The van der Waals surface area contributed by atoms with Crippen LogP contribution in [0.25, 0.3) is 6.08 Å². The summed E-state index contributed by atoms with van der Waals surface area (Å²) >= 11 is 6.67. The largest absolute Gasteiger partial charge is 0.506 e. The molecule has 2 N–H and O–H groups in total. The van der Waals surface area contributed by atoms with Crippen molar-refractivity contribution in [1.29, 1.82) is 0 Å². The number of ether oxygens (including phenoxy) is 2. The second kappa shape index (κ2) is 11.6. The Hall–Kier alpha value is -3.42. The van der Waals surface area contributed by atoms with E-state index >= 15 is 0 Å². The normalized spacial score (nSPS) is 14.9. The average Bonchev–Trinajstić information content (AvgIpc) is 3.24. The van der Waals surface area contributed by atoms with Crippen LogP contribution in [0.5, 0.6) is 17.2 Å². The fraction of sp³-hybridized carbons (Fsp3) is 0.138. The standard InChI is InChI=1S/C29H23BrIN3O5S/c1-15-24(27(36)33-18-7-5-4-6-8-18)25(20-10-9-19(38-2)14-22(20)39-3)34-28(37)23(40-29(34)32-15)12-16-11-17(30)13-21(31)26(16)35/h4-14,25,35H,1-3H3,(H,33,36)/b23-12+/t25-/m1/s1. The summed E-state index contributed by atoms with van der Waals surface area (Å²) < 4.78 is 14.4. The van der Waals surface area contributed by atoms with E-state index < -0.39 is 6.04 Å². The summed E-state index contributed by atoms with van der Waals surface area (Å²) in [5, 5.41) is 13.6. The number of hydrogen-bond donors (Lipinski definition) is 2. The van der Waals surface area contributed by atoms with E-state index in [4.69, 9.17) is 9.47 Å². The number of carbonyl (C=O) groups is 1. The molecule has 0 bridgehead atoms. The van der Waals surface area contributed by atoms with Crippen molar-refractivity contribution in [1.82, 2.24) is 4.57 Å². The molecule has 1 aliphatic heterocycles. The van der Waals surface area contributed by atoms with Gasteiger partial charge < -0.3 is 19.9 Å². The highest BCUT2D eigenvalue weighted by Crippen LogP contribution is 2.37. The molecule has 1 aliphatic rings. The molecule has 0 saturated heterocycles. The number of nitrogens with one attached hydrogen (secondary N) is 1. The number of methoxy groups -OCH3 is 2. The lowest BCUT2D eigenvalue weighted by molar-refractivity contribution is -0.113. The Morgan fingerprint density at radius 3 is 2.60 bits per heavy atom. The number of allylic oxidation sites excluding steroid dienone is 1. The predicted molar refractivity (Wildman–Crippen MR) is 167 cm³/mol. The maximum atomic E-state index is 14.0. The zero-order chi connectivity index (χ0) is 28.6. The summed E-state index contributed by atoms with van der Waals surface area (Å²) in [4.78, 5) is 32.9. The van der Waals surface area contributed by atoms with Crippen LogP contribution in [-0.2, 0) is 4.79 Å². The van der Waals surface area contributed by atoms with Crippen LogP contribution in [0.2, 0.25) is 0 Å². The van der Waals surface area contributed by atoms with Crippen molar-refractivity contribution in [2.24, 2.45) is 4.99 Å². The molecule has 0 unspecified atom stereocenters. The van der Waals surface area contributed by atoms with Crippen molar-refractivity contribution in [2.45, 2.75) is 13.0 Å². The van der Waals surface area contributed by atoms with E-state index in [-0.39, 0.29) is 17.2 Å². The highest BCUT2D eigenvalue weighted by Gasteiger charge is 2.34. The summed E-state index contributed by atoms with van der Waals surface area (Å²) in [6, 6.07) is 17.1. The topological polar surface area (TPSA) is 102 Å². The summed E-state index contributed by atoms with van der Waals surface area (Å²) in [5.41, 5.74) is 2.14. The first kappa shape index (κ1) is 28.1. The number of thiazole rings is 1. The second-order valence-corrected chi connectivity index (χ2v) is 11.9. The molecule has 0 aliphatic carbocycles. The number of benzene rings is 3. The van der Waals surface area contributed by atoms with Gasteiger partial charge in [-0.15, -0.1) is 0 Å². The molecule has 1 atom stereocenters. The number of para-hydroxylation sites is 1. The molecule has 0 radical (unpaired) electrons. The van der Waals surface area contributed by atoms with E-state index in [0.717, 1.165) is 4.47 Å². The number of hydrogen-bond acceptors (Lipinski definition) is 7. The molecule has 40 heavy (non-hydrogen) atoms. The van der Waals surface area contributed by atoms with Crippen molar-refractivity contribution in [3.63, 3.8) is 0 Å². The second-order valence-electron chi connectivity index (χ2n) is 8.84.